The van der Waals surface area contributed by atoms with Gasteiger partial charge in [0.15, 0.2) is 4.80 Å². The SMILES string of the molecule is CCOCCn1c(=NC(=O)Cc2ccc(C)cc2C)sc2cc(C)c(C)cc21. The Morgan fingerprint density at radius 3 is 2.54 bits per heavy atom. The number of aromatic nitrogens is 1. The van der Waals surface area contributed by atoms with Gasteiger partial charge in [-0.25, -0.2) is 0 Å². The molecule has 0 bridgehead atoms. The van der Waals surface area contributed by atoms with E-state index in [0.717, 1.165) is 26.1 Å². The van der Waals surface area contributed by atoms with Gasteiger partial charge in [-0.2, -0.15) is 4.99 Å². The van der Waals surface area contributed by atoms with E-state index in [9.17, 15) is 4.79 Å². The third kappa shape index (κ3) is 4.59. The lowest BCUT2D eigenvalue weighted by Crippen LogP contribution is -2.20. The zero-order valence-corrected chi connectivity index (χ0v) is 18.2. The maximum absolute atomic E-state index is 12.7. The fourth-order valence-electron chi connectivity index (χ4n) is 3.28. The summed E-state index contributed by atoms with van der Waals surface area (Å²) in [5.74, 6) is -0.114. The second kappa shape index (κ2) is 8.84. The molecule has 1 heterocycles. The summed E-state index contributed by atoms with van der Waals surface area (Å²) < 4.78 is 8.81. The molecule has 0 radical (unpaired) electrons. The van der Waals surface area contributed by atoms with Crippen LogP contribution in [0.1, 0.15) is 34.7 Å². The Balaban J connectivity index is 1.99. The molecule has 0 saturated heterocycles. The first kappa shape index (κ1) is 20.5. The van der Waals surface area contributed by atoms with Gasteiger partial charge in [0.05, 0.1) is 23.2 Å². The molecule has 148 valence electrons. The number of carbonyl (C=O) groups is 1. The van der Waals surface area contributed by atoms with Crippen molar-refractivity contribution in [3.05, 3.63) is 63.0 Å². The predicted octanol–water partition coefficient (Wildman–Crippen LogP) is 4.64. The van der Waals surface area contributed by atoms with E-state index >= 15 is 0 Å². The Hall–Kier alpha value is -2.24. The lowest BCUT2D eigenvalue weighted by Gasteiger charge is -2.07. The van der Waals surface area contributed by atoms with Gasteiger partial charge in [0.25, 0.3) is 5.91 Å². The molecule has 0 saturated carbocycles. The molecule has 1 amide bonds. The molecule has 5 heteroatoms. The summed E-state index contributed by atoms with van der Waals surface area (Å²) >= 11 is 1.57. The zero-order chi connectivity index (χ0) is 20.3. The van der Waals surface area contributed by atoms with Gasteiger partial charge >= 0.3 is 0 Å². The van der Waals surface area contributed by atoms with Crippen molar-refractivity contribution in [2.45, 2.75) is 47.6 Å². The third-order valence-corrected chi connectivity index (χ3v) is 6.06. The minimum Gasteiger partial charge on any atom is -0.380 e. The molecule has 0 aliphatic rings. The Morgan fingerprint density at radius 2 is 1.82 bits per heavy atom. The largest absolute Gasteiger partial charge is 0.380 e. The number of nitrogens with zero attached hydrogens (tertiary/aromatic N) is 2. The first-order valence-corrected chi connectivity index (χ1v) is 10.5. The highest BCUT2D eigenvalue weighted by atomic mass is 32.1. The maximum atomic E-state index is 12.7. The second-order valence-electron chi connectivity index (χ2n) is 7.25. The van der Waals surface area contributed by atoms with Crippen LogP contribution in [0.4, 0.5) is 0 Å². The van der Waals surface area contributed by atoms with Crippen LogP contribution in [0, 0.1) is 27.7 Å². The minimum atomic E-state index is -0.114. The van der Waals surface area contributed by atoms with Crippen molar-refractivity contribution >= 4 is 27.5 Å². The standard InChI is InChI=1S/C23H28N2O2S/c1-6-27-10-9-25-20-12-16(3)17(4)13-21(20)28-23(25)24-22(26)14-19-8-7-15(2)11-18(19)5/h7-8,11-13H,6,9-10,14H2,1-5H3. The molecule has 3 aromatic rings. The van der Waals surface area contributed by atoms with E-state index in [-0.39, 0.29) is 5.91 Å². The molecule has 0 spiro atoms. The van der Waals surface area contributed by atoms with Gasteiger partial charge in [0.2, 0.25) is 0 Å². The average Bonchev–Trinajstić information content (AvgIpc) is 2.94. The van der Waals surface area contributed by atoms with Crippen molar-refractivity contribution in [3.8, 4) is 0 Å². The fourth-order valence-corrected chi connectivity index (χ4v) is 4.43. The van der Waals surface area contributed by atoms with Crippen LogP contribution in [0.5, 0.6) is 0 Å². The number of rotatable bonds is 6. The zero-order valence-electron chi connectivity index (χ0n) is 17.3. The van der Waals surface area contributed by atoms with Gasteiger partial charge in [-0.1, -0.05) is 35.1 Å². The summed E-state index contributed by atoms with van der Waals surface area (Å²) in [6.45, 7) is 12.3. The fraction of sp³-hybridized carbons (Fsp3) is 0.391. The average molecular weight is 397 g/mol. The molecule has 0 unspecified atom stereocenters. The molecule has 0 N–H and O–H groups in total. The molecule has 0 aliphatic carbocycles. The molecular formula is C23H28N2O2S. The molecule has 0 atom stereocenters. The van der Waals surface area contributed by atoms with Crippen LogP contribution in [0.2, 0.25) is 0 Å². The van der Waals surface area contributed by atoms with Crippen LogP contribution >= 0.6 is 11.3 Å². The topological polar surface area (TPSA) is 43.6 Å². The Labute approximate surface area is 170 Å². The Morgan fingerprint density at radius 1 is 1.07 bits per heavy atom. The van der Waals surface area contributed by atoms with Gasteiger partial charge < -0.3 is 9.30 Å². The molecule has 28 heavy (non-hydrogen) atoms. The molecule has 0 fully saturated rings. The molecule has 4 nitrogen and oxygen atoms in total. The van der Waals surface area contributed by atoms with E-state index in [2.05, 4.69) is 48.5 Å². The molecular weight excluding hydrogens is 368 g/mol. The van der Waals surface area contributed by atoms with Crippen molar-refractivity contribution < 1.29 is 9.53 Å². The first-order chi connectivity index (χ1) is 13.4. The molecule has 0 aliphatic heterocycles. The highest BCUT2D eigenvalue weighted by Crippen LogP contribution is 2.22. The quantitative estimate of drug-likeness (QED) is 0.570. The summed E-state index contributed by atoms with van der Waals surface area (Å²) in [5, 5.41) is 0. The summed E-state index contributed by atoms with van der Waals surface area (Å²) in [5.41, 5.74) is 6.98. The van der Waals surface area contributed by atoms with Crippen LogP contribution in [0.25, 0.3) is 10.2 Å². The number of hydrogen-bond donors (Lipinski definition) is 0. The molecule has 3 rings (SSSR count). The van der Waals surface area contributed by atoms with Gasteiger partial charge in [0.1, 0.15) is 0 Å². The van der Waals surface area contributed by atoms with Crippen molar-refractivity contribution in [1.29, 1.82) is 0 Å². The summed E-state index contributed by atoms with van der Waals surface area (Å²) in [7, 11) is 0. The van der Waals surface area contributed by atoms with Crippen LogP contribution in [0.3, 0.4) is 0 Å². The van der Waals surface area contributed by atoms with Gasteiger partial charge in [-0.05, 0) is 69.0 Å². The van der Waals surface area contributed by atoms with Crippen LogP contribution < -0.4 is 4.80 Å². The van der Waals surface area contributed by atoms with E-state index in [1.807, 2.05) is 26.0 Å². The van der Waals surface area contributed by atoms with Gasteiger partial charge in [-0.15, -0.1) is 0 Å². The number of hydrogen-bond acceptors (Lipinski definition) is 3. The number of benzene rings is 2. The Bertz CT molecular complexity index is 1080. The van der Waals surface area contributed by atoms with Gasteiger partial charge in [-0.3, -0.25) is 4.79 Å². The number of amides is 1. The number of aryl methyl sites for hydroxylation is 4. The van der Waals surface area contributed by atoms with Gasteiger partial charge in [0, 0.05) is 13.2 Å². The second-order valence-corrected chi connectivity index (χ2v) is 8.26. The summed E-state index contributed by atoms with van der Waals surface area (Å²) in [4.78, 5) is 17.9. The number of ether oxygens (including phenoxy) is 1. The van der Waals surface area contributed by atoms with Crippen molar-refractivity contribution in [2.24, 2.45) is 4.99 Å². The van der Waals surface area contributed by atoms with E-state index in [0.29, 0.717) is 26.2 Å². The first-order valence-electron chi connectivity index (χ1n) is 9.71. The van der Waals surface area contributed by atoms with Crippen LogP contribution in [-0.4, -0.2) is 23.7 Å². The summed E-state index contributed by atoms with van der Waals surface area (Å²) in [6.07, 6.45) is 0.323. The highest BCUT2D eigenvalue weighted by Gasteiger charge is 2.11. The van der Waals surface area contributed by atoms with E-state index in [1.54, 1.807) is 11.3 Å². The highest BCUT2D eigenvalue weighted by molar-refractivity contribution is 7.16. The van der Waals surface area contributed by atoms with Crippen molar-refractivity contribution in [1.82, 2.24) is 4.57 Å². The predicted molar refractivity (Wildman–Crippen MR) is 116 cm³/mol. The monoisotopic (exact) mass is 396 g/mol. The number of thiazole rings is 1. The van der Waals surface area contributed by atoms with Crippen molar-refractivity contribution in [3.63, 3.8) is 0 Å². The lowest BCUT2D eigenvalue weighted by atomic mass is 10.0. The van der Waals surface area contributed by atoms with E-state index in [4.69, 9.17) is 4.74 Å². The number of fused-ring (bicyclic) bond motifs is 1. The normalized spacial score (nSPS) is 12.1. The number of carbonyl (C=O) groups excluding carboxylic acids is 1. The Kier molecular flexibility index (Phi) is 6.47. The minimum absolute atomic E-state index is 0.114. The van der Waals surface area contributed by atoms with Crippen LogP contribution in [0.15, 0.2) is 35.3 Å². The lowest BCUT2D eigenvalue weighted by molar-refractivity contribution is -0.117. The van der Waals surface area contributed by atoms with E-state index < -0.39 is 0 Å². The maximum Gasteiger partial charge on any atom is 0.252 e. The third-order valence-electron chi connectivity index (χ3n) is 5.02. The molecule has 1 aromatic heterocycles. The van der Waals surface area contributed by atoms with Crippen LogP contribution in [-0.2, 0) is 22.5 Å². The smallest absolute Gasteiger partial charge is 0.252 e. The summed E-state index contributed by atoms with van der Waals surface area (Å²) in [6, 6.07) is 10.5. The molecule has 2 aromatic carbocycles. The van der Waals surface area contributed by atoms with E-state index in [1.165, 1.54) is 16.7 Å². The van der Waals surface area contributed by atoms with Crippen molar-refractivity contribution in [2.75, 3.05) is 13.2 Å².